The van der Waals surface area contributed by atoms with E-state index >= 15 is 0 Å². The van der Waals surface area contributed by atoms with Gasteiger partial charge in [-0.05, 0) is 108 Å². The molecule has 3 aliphatic carbocycles. The normalized spacial score (nSPS) is 21.7. The highest BCUT2D eigenvalue weighted by Gasteiger charge is 2.24. The largest absolute Gasteiger partial charge is 0.371 e. The molecule has 1 aromatic carbocycles. The SMILES string of the molecule is N#CC(C#N)=C1CCC(=C2CCC(=C3CCC(=C4CCN(c5ccccc5)CC4)CC3)CC2)CC1. The van der Waals surface area contributed by atoms with Crippen LogP contribution in [0.5, 0.6) is 0 Å². The van der Waals surface area contributed by atoms with Gasteiger partial charge in [0.15, 0.2) is 0 Å². The van der Waals surface area contributed by atoms with Crippen molar-refractivity contribution in [3.05, 3.63) is 74.9 Å². The third kappa shape index (κ3) is 5.46. The summed E-state index contributed by atoms with van der Waals surface area (Å²) in [5, 5.41) is 18.3. The lowest BCUT2D eigenvalue weighted by Gasteiger charge is -2.33. The Balaban J connectivity index is 1.13. The summed E-state index contributed by atoms with van der Waals surface area (Å²) in [6.45, 7) is 2.33. The van der Waals surface area contributed by atoms with Crippen molar-refractivity contribution in [2.45, 2.75) is 89.9 Å². The van der Waals surface area contributed by atoms with Gasteiger partial charge in [0.2, 0.25) is 0 Å². The lowest BCUT2D eigenvalue weighted by atomic mass is 9.77. The number of nitrogens with zero attached hydrogens (tertiary/aromatic N) is 3. The highest BCUT2D eigenvalue weighted by atomic mass is 15.1. The first-order chi connectivity index (χ1) is 17.2. The molecule has 0 bridgehead atoms. The van der Waals surface area contributed by atoms with Gasteiger partial charge in [-0.15, -0.1) is 0 Å². The average molecular weight is 464 g/mol. The van der Waals surface area contributed by atoms with Gasteiger partial charge >= 0.3 is 0 Å². The van der Waals surface area contributed by atoms with Gasteiger partial charge in [-0.2, -0.15) is 10.5 Å². The van der Waals surface area contributed by atoms with Crippen LogP contribution in [-0.2, 0) is 0 Å². The van der Waals surface area contributed by atoms with Crippen molar-refractivity contribution in [3.8, 4) is 12.1 Å². The van der Waals surface area contributed by atoms with E-state index < -0.39 is 0 Å². The minimum atomic E-state index is 0.359. The molecule has 3 saturated carbocycles. The molecule has 0 spiro atoms. The van der Waals surface area contributed by atoms with Crippen molar-refractivity contribution in [1.29, 1.82) is 10.5 Å². The summed E-state index contributed by atoms with van der Waals surface area (Å²) in [7, 11) is 0. The van der Waals surface area contributed by atoms with Crippen LogP contribution in [-0.4, -0.2) is 13.1 Å². The van der Waals surface area contributed by atoms with Crippen molar-refractivity contribution < 1.29 is 0 Å². The van der Waals surface area contributed by atoms with Gasteiger partial charge in [-0.25, -0.2) is 0 Å². The molecule has 4 aliphatic rings. The number of anilines is 1. The molecule has 0 N–H and O–H groups in total. The summed E-state index contributed by atoms with van der Waals surface area (Å²) >= 11 is 0. The Morgan fingerprint density at radius 2 is 0.886 bits per heavy atom. The standard InChI is InChI=1S/C32H37N3/c33-22-31(23-34)29-16-14-27(15-17-29)25-8-6-24(7-9-25)26-10-12-28(13-11-26)30-18-20-35(21-19-30)32-4-2-1-3-5-32/h1-5H,6-21H2. The lowest BCUT2D eigenvalue weighted by Crippen LogP contribution is -2.31. The second-order valence-corrected chi connectivity index (χ2v) is 10.6. The molecule has 35 heavy (non-hydrogen) atoms. The molecule has 0 amide bonds. The Morgan fingerprint density at radius 1 is 0.514 bits per heavy atom. The van der Waals surface area contributed by atoms with E-state index in [0.29, 0.717) is 5.57 Å². The Bertz CT molecular complexity index is 1100. The first-order valence-corrected chi connectivity index (χ1v) is 13.7. The fourth-order valence-electron chi connectivity index (χ4n) is 6.79. The van der Waals surface area contributed by atoms with E-state index in [1.807, 2.05) is 0 Å². The fraction of sp³-hybridized carbons (Fsp3) is 0.500. The van der Waals surface area contributed by atoms with E-state index in [1.54, 1.807) is 33.4 Å². The second kappa shape index (κ2) is 11.1. The topological polar surface area (TPSA) is 50.8 Å². The van der Waals surface area contributed by atoms with Gasteiger partial charge in [0.05, 0.1) is 0 Å². The van der Waals surface area contributed by atoms with Crippen molar-refractivity contribution in [3.63, 3.8) is 0 Å². The van der Waals surface area contributed by atoms with Crippen LogP contribution < -0.4 is 4.90 Å². The van der Waals surface area contributed by atoms with Crippen LogP contribution in [0, 0.1) is 22.7 Å². The van der Waals surface area contributed by atoms with Crippen molar-refractivity contribution >= 4 is 5.69 Å². The first kappa shape index (κ1) is 23.7. The van der Waals surface area contributed by atoms with Crippen LogP contribution in [0.2, 0.25) is 0 Å². The molecule has 180 valence electrons. The van der Waals surface area contributed by atoms with Crippen LogP contribution >= 0.6 is 0 Å². The molecule has 4 fully saturated rings. The van der Waals surface area contributed by atoms with Crippen molar-refractivity contribution in [1.82, 2.24) is 0 Å². The van der Waals surface area contributed by atoms with Crippen LogP contribution in [0.1, 0.15) is 89.9 Å². The minimum Gasteiger partial charge on any atom is -0.371 e. The lowest BCUT2D eigenvalue weighted by molar-refractivity contribution is 0.615. The van der Waals surface area contributed by atoms with E-state index in [0.717, 1.165) is 31.3 Å². The maximum atomic E-state index is 9.14. The molecule has 0 unspecified atom stereocenters. The van der Waals surface area contributed by atoms with E-state index in [4.69, 9.17) is 10.5 Å². The van der Waals surface area contributed by atoms with Crippen LogP contribution in [0.15, 0.2) is 74.9 Å². The zero-order chi connectivity index (χ0) is 24.0. The molecule has 0 atom stereocenters. The smallest absolute Gasteiger partial charge is 0.128 e. The molecular formula is C32H37N3. The summed E-state index contributed by atoms with van der Waals surface area (Å²) < 4.78 is 0. The molecule has 0 aromatic heterocycles. The molecule has 1 aromatic rings. The molecule has 0 radical (unpaired) electrons. The maximum Gasteiger partial charge on any atom is 0.128 e. The predicted molar refractivity (Wildman–Crippen MR) is 143 cm³/mol. The Labute approximate surface area is 211 Å². The summed E-state index contributed by atoms with van der Waals surface area (Å²) in [5.41, 5.74) is 13.2. The van der Waals surface area contributed by atoms with Crippen LogP contribution in [0.25, 0.3) is 0 Å². The van der Waals surface area contributed by atoms with Gasteiger partial charge in [-0.1, -0.05) is 51.6 Å². The van der Waals surface area contributed by atoms with Crippen molar-refractivity contribution in [2.24, 2.45) is 0 Å². The maximum absolute atomic E-state index is 9.14. The Hall–Kier alpha value is -3.04. The number of allylic oxidation sites excluding steroid dienone is 7. The highest BCUT2D eigenvalue weighted by molar-refractivity contribution is 5.47. The first-order valence-electron chi connectivity index (χ1n) is 13.7. The van der Waals surface area contributed by atoms with E-state index in [9.17, 15) is 0 Å². The molecule has 1 aliphatic heterocycles. The molecule has 3 heteroatoms. The average Bonchev–Trinajstić information content (AvgIpc) is 2.95. The molecule has 3 nitrogen and oxygen atoms in total. The van der Waals surface area contributed by atoms with Gasteiger partial charge in [0.25, 0.3) is 0 Å². The Morgan fingerprint density at radius 3 is 1.29 bits per heavy atom. The number of hydrogen-bond acceptors (Lipinski definition) is 3. The number of nitriles is 2. The monoisotopic (exact) mass is 463 g/mol. The zero-order valence-electron chi connectivity index (χ0n) is 21.0. The van der Waals surface area contributed by atoms with E-state index in [2.05, 4.69) is 47.4 Å². The fourth-order valence-corrected chi connectivity index (χ4v) is 6.79. The van der Waals surface area contributed by atoms with Crippen LogP contribution in [0.4, 0.5) is 5.69 Å². The molecule has 1 saturated heterocycles. The molecule has 5 rings (SSSR count). The van der Waals surface area contributed by atoms with Gasteiger partial charge in [0, 0.05) is 18.8 Å². The highest BCUT2D eigenvalue weighted by Crippen LogP contribution is 2.42. The minimum absolute atomic E-state index is 0.359. The van der Waals surface area contributed by atoms with Crippen LogP contribution in [0.3, 0.4) is 0 Å². The zero-order valence-corrected chi connectivity index (χ0v) is 21.0. The van der Waals surface area contributed by atoms with Crippen molar-refractivity contribution in [2.75, 3.05) is 18.0 Å². The van der Waals surface area contributed by atoms with E-state index in [-0.39, 0.29) is 0 Å². The van der Waals surface area contributed by atoms with Gasteiger partial charge < -0.3 is 4.90 Å². The second-order valence-electron chi connectivity index (χ2n) is 10.6. The summed E-state index contributed by atoms with van der Waals surface area (Å²) in [4.78, 5) is 2.55. The summed E-state index contributed by atoms with van der Waals surface area (Å²) in [6, 6.07) is 15.0. The number of hydrogen-bond donors (Lipinski definition) is 0. The quantitative estimate of drug-likeness (QED) is 0.311. The third-order valence-corrected chi connectivity index (χ3v) is 8.94. The molecule has 1 heterocycles. The summed E-state index contributed by atoms with van der Waals surface area (Å²) in [6.07, 6.45) is 16.6. The number of benzene rings is 1. The third-order valence-electron chi connectivity index (χ3n) is 8.94. The number of piperidine rings is 1. The summed E-state index contributed by atoms with van der Waals surface area (Å²) in [5.74, 6) is 0. The number of rotatable bonds is 1. The Kier molecular flexibility index (Phi) is 7.54. The van der Waals surface area contributed by atoms with E-state index in [1.165, 1.54) is 83.0 Å². The molecular weight excluding hydrogens is 426 g/mol. The predicted octanol–water partition coefficient (Wildman–Crippen LogP) is 8.24. The van der Waals surface area contributed by atoms with Gasteiger partial charge in [0.1, 0.15) is 17.7 Å². The number of para-hydroxylation sites is 1. The van der Waals surface area contributed by atoms with Gasteiger partial charge in [-0.3, -0.25) is 0 Å².